The summed E-state index contributed by atoms with van der Waals surface area (Å²) in [6, 6.07) is 0.400. The SMILES string of the molecule is CCN(C(=O)C1(CC(C)C)CCCC1)C1CCCC1CN. The molecule has 0 radical (unpaired) electrons. The second-order valence-electron chi connectivity index (χ2n) is 7.67. The first kappa shape index (κ1) is 16.8. The number of amides is 1. The maximum absolute atomic E-state index is 13.4. The highest BCUT2D eigenvalue weighted by molar-refractivity contribution is 5.83. The van der Waals surface area contributed by atoms with Crippen molar-refractivity contribution in [2.75, 3.05) is 13.1 Å². The van der Waals surface area contributed by atoms with Crippen molar-refractivity contribution in [2.45, 2.75) is 78.2 Å². The minimum Gasteiger partial charge on any atom is -0.339 e. The molecule has 0 aliphatic heterocycles. The van der Waals surface area contributed by atoms with Crippen molar-refractivity contribution < 1.29 is 4.79 Å². The Bertz CT molecular complexity index is 347. The molecule has 2 aliphatic carbocycles. The zero-order chi connectivity index (χ0) is 15.5. The summed E-state index contributed by atoms with van der Waals surface area (Å²) in [6.07, 6.45) is 9.28. The summed E-state index contributed by atoms with van der Waals surface area (Å²) in [5.74, 6) is 1.56. The van der Waals surface area contributed by atoms with Crippen molar-refractivity contribution >= 4 is 5.91 Å². The third-order valence-corrected chi connectivity index (χ3v) is 5.74. The summed E-state index contributed by atoms with van der Waals surface area (Å²) in [6.45, 7) is 8.22. The molecule has 2 aliphatic rings. The molecule has 2 fully saturated rings. The van der Waals surface area contributed by atoms with Gasteiger partial charge in [-0.1, -0.05) is 33.1 Å². The van der Waals surface area contributed by atoms with Crippen molar-refractivity contribution in [3.8, 4) is 0 Å². The smallest absolute Gasteiger partial charge is 0.229 e. The molecule has 2 atom stereocenters. The molecule has 0 aromatic heterocycles. The minimum absolute atomic E-state index is 0.0636. The summed E-state index contributed by atoms with van der Waals surface area (Å²) in [5.41, 5.74) is 5.88. The number of carbonyl (C=O) groups is 1. The summed E-state index contributed by atoms with van der Waals surface area (Å²) in [7, 11) is 0. The quantitative estimate of drug-likeness (QED) is 0.814. The van der Waals surface area contributed by atoms with E-state index in [1.54, 1.807) is 0 Å². The van der Waals surface area contributed by atoms with Crippen LogP contribution in [0.3, 0.4) is 0 Å². The molecule has 2 unspecified atom stereocenters. The van der Waals surface area contributed by atoms with Gasteiger partial charge in [-0.25, -0.2) is 0 Å². The number of hydrogen-bond donors (Lipinski definition) is 1. The van der Waals surface area contributed by atoms with Crippen LogP contribution in [0.1, 0.15) is 72.1 Å². The zero-order valence-corrected chi connectivity index (χ0v) is 14.2. The van der Waals surface area contributed by atoms with Crippen molar-refractivity contribution in [3.05, 3.63) is 0 Å². The van der Waals surface area contributed by atoms with Crippen LogP contribution in [0.15, 0.2) is 0 Å². The normalized spacial score (nSPS) is 28.2. The Labute approximate surface area is 130 Å². The fourth-order valence-electron chi connectivity index (χ4n) is 4.87. The van der Waals surface area contributed by atoms with Crippen LogP contribution in [-0.4, -0.2) is 29.9 Å². The largest absolute Gasteiger partial charge is 0.339 e. The van der Waals surface area contributed by atoms with Crippen LogP contribution in [0, 0.1) is 17.3 Å². The molecule has 2 N–H and O–H groups in total. The van der Waals surface area contributed by atoms with Crippen molar-refractivity contribution in [3.63, 3.8) is 0 Å². The Morgan fingerprint density at radius 3 is 2.43 bits per heavy atom. The van der Waals surface area contributed by atoms with Gasteiger partial charge >= 0.3 is 0 Å². The van der Waals surface area contributed by atoms with E-state index in [9.17, 15) is 4.79 Å². The van der Waals surface area contributed by atoms with Crippen LogP contribution >= 0.6 is 0 Å². The van der Waals surface area contributed by atoms with E-state index in [0.717, 1.165) is 38.8 Å². The summed E-state index contributed by atoms with van der Waals surface area (Å²) in [5, 5.41) is 0. The fraction of sp³-hybridized carbons (Fsp3) is 0.944. The maximum Gasteiger partial charge on any atom is 0.229 e. The molecule has 2 rings (SSSR count). The molecule has 0 spiro atoms. The molecule has 21 heavy (non-hydrogen) atoms. The second-order valence-corrected chi connectivity index (χ2v) is 7.67. The first-order chi connectivity index (χ1) is 10.0. The predicted octanol–water partition coefficient (Wildman–Crippen LogP) is 3.57. The Hall–Kier alpha value is -0.570. The van der Waals surface area contributed by atoms with Gasteiger partial charge in [0, 0.05) is 18.0 Å². The standard InChI is InChI=1S/C18H34N2O/c1-4-20(16-9-7-8-15(16)13-19)17(21)18(12-14(2)3)10-5-6-11-18/h14-16H,4-13,19H2,1-3H3. The van der Waals surface area contributed by atoms with Gasteiger partial charge in [0.25, 0.3) is 0 Å². The Morgan fingerprint density at radius 2 is 1.90 bits per heavy atom. The lowest BCUT2D eigenvalue weighted by atomic mass is 9.76. The van der Waals surface area contributed by atoms with E-state index < -0.39 is 0 Å². The minimum atomic E-state index is -0.0636. The third-order valence-electron chi connectivity index (χ3n) is 5.74. The van der Waals surface area contributed by atoms with Gasteiger partial charge in [-0.15, -0.1) is 0 Å². The van der Waals surface area contributed by atoms with Crippen molar-refractivity contribution in [2.24, 2.45) is 23.0 Å². The van der Waals surface area contributed by atoms with Crippen LogP contribution in [-0.2, 0) is 4.79 Å². The lowest BCUT2D eigenvalue weighted by molar-refractivity contribution is -0.146. The van der Waals surface area contributed by atoms with Gasteiger partial charge in [0.05, 0.1) is 0 Å². The van der Waals surface area contributed by atoms with Crippen LogP contribution < -0.4 is 5.73 Å². The van der Waals surface area contributed by atoms with Crippen molar-refractivity contribution in [1.29, 1.82) is 0 Å². The molecule has 0 aromatic carbocycles. The number of rotatable bonds is 6. The lowest BCUT2D eigenvalue weighted by Gasteiger charge is -2.40. The summed E-state index contributed by atoms with van der Waals surface area (Å²) < 4.78 is 0. The summed E-state index contributed by atoms with van der Waals surface area (Å²) in [4.78, 5) is 15.6. The van der Waals surface area contributed by atoms with Gasteiger partial charge in [-0.2, -0.15) is 0 Å². The summed E-state index contributed by atoms with van der Waals surface area (Å²) >= 11 is 0. The average molecular weight is 294 g/mol. The Kier molecular flexibility index (Phi) is 5.70. The van der Waals surface area contributed by atoms with Crippen LogP contribution in [0.2, 0.25) is 0 Å². The molecular weight excluding hydrogens is 260 g/mol. The number of nitrogens with zero attached hydrogens (tertiary/aromatic N) is 1. The van der Waals surface area contributed by atoms with Crippen LogP contribution in [0.5, 0.6) is 0 Å². The second kappa shape index (κ2) is 7.13. The van der Waals surface area contributed by atoms with Crippen LogP contribution in [0.25, 0.3) is 0 Å². The average Bonchev–Trinajstić information content (AvgIpc) is 3.08. The van der Waals surface area contributed by atoms with Crippen LogP contribution in [0.4, 0.5) is 0 Å². The Morgan fingerprint density at radius 1 is 1.24 bits per heavy atom. The molecule has 0 bridgehead atoms. The molecule has 3 nitrogen and oxygen atoms in total. The first-order valence-electron chi connectivity index (χ1n) is 9.05. The van der Waals surface area contributed by atoms with E-state index in [0.29, 0.717) is 23.8 Å². The molecule has 122 valence electrons. The van der Waals surface area contributed by atoms with E-state index in [1.807, 2.05) is 0 Å². The van der Waals surface area contributed by atoms with E-state index in [2.05, 4.69) is 25.7 Å². The predicted molar refractivity (Wildman–Crippen MR) is 87.9 cm³/mol. The Balaban J connectivity index is 2.17. The number of nitrogens with two attached hydrogens (primary N) is 1. The highest BCUT2D eigenvalue weighted by Crippen LogP contribution is 2.46. The molecule has 3 heteroatoms. The van der Waals surface area contributed by atoms with E-state index in [1.165, 1.54) is 25.7 Å². The van der Waals surface area contributed by atoms with Gasteiger partial charge in [0.2, 0.25) is 5.91 Å². The van der Waals surface area contributed by atoms with Gasteiger partial charge < -0.3 is 10.6 Å². The van der Waals surface area contributed by atoms with Gasteiger partial charge in [-0.05, 0) is 57.4 Å². The molecule has 0 saturated heterocycles. The third kappa shape index (κ3) is 3.44. The fourth-order valence-corrected chi connectivity index (χ4v) is 4.87. The molecule has 0 aromatic rings. The number of carbonyl (C=O) groups excluding carboxylic acids is 1. The molecule has 0 heterocycles. The molecule has 2 saturated carbocycles. The van der Waals surface area contributed by atoms with Gasteiger partial charge in [0.15, 0.2) is 0 Å². The molecule has 1 amide bonds. The van der Waals surface area contributed by atoms with Gasteiger partial charge in [-0.3, -0.25) is 4.79 Å². The lowest BCUT2D eigenvalue weighted by Crippen LogP contribution is -2.50. The van der Waals surface area contributed by atoms with E-state index in [4.69, 9.17) is 5.73 Å². The monoisotopic (exact) mass is 294 g/mol. The van der Waals surface area contributed by atoms with Gasteiger partial charge in [0.1, 0.15) is 0 Å². The molecular formula is C18H34N2O. The zero-order valence-electron chi connectivity index (χ0n) is 14.2. The highest BCUT2D eigenvalue weighted by atomic mass is 16.2. The van der Waals surface area contributed by atoms with E-state index >= 15 is 0 Å². The van der Waals surface area contributed by atoms with E-state index in [-0.39, 0.29) is 5.41 Å². The highest BCUT2D eigenvalue weighted by Gasteiger charge is 2.46. The van der Waals surface area contributed by atoms with Crippen molar-refractivity contribution in [1.82, 2.24) is 4.90 Å². The maximum atomic E-state index is 13.4. The first-order valence-corrected chi connectivity index (χ1v) is 9.05. The number of hydrogen-bond acceptors (Lipinski definition) is 2. The topological polar surface area (TPSA) is 46.3 Å².